The molecular formula is C6H11ClO5. The van der Waals surface area contributed by atoms with Gasteiger partial charge in [-0.05, 0) is 0 Å². The number of hydrogen-bond acceptors (Lipinski definition) is 5. The zero-order valence-electron chi connectivity index (χ0n) is 6.17. The molecule has 0 aliphatic carbocycles. The predicted octanol–water partition coefficient (Wildman–Crippen LogP) is -2.13. The number of rotatable bonds is 5. The average molecular weight is 199 g/mol. The quantitative estimate of drug-likeness (QED) is 0.299. The summed E-state index contributed by atoms with van der Waals surface area (Å²) in [6.45, 7) is 0. The molecule has 0 aromatic carbocycles. The van der Waals surface area contributed by atoms with Crippen LogP contribution in [0.4, 0.5) is 0 Å². The van der Waals surface area contributed by atoms with Crippen LogP contribution in [0.2, 0.25) is 0 Å². The van der Waals surface area contributed by atoms with E-state index in [4.69, 9.17) is 32.0 Å². The number of carbonyl (C=O) groups excluding carboxylic acids is 1. The highest BCUT2D eigenvalue weighted by Crippen LogP contribution is 2.04. The van der Waals surface area contributed by atoms with Crippen molar-refractivity contribution in [1.29, 1.82) is 0 Å². The van der Waals surface area contributed by atoms with Crippen molar-refractivity contribution in [2.75, 3.05) is 5.88 Å². The number of aliphatic hydroxyl groups excluding tert-OH is 4. The first-order valence-corrected chi connectivity index (χ1v) is 3.81. The molecule has 0 saturated carbocycles. The molecule has 4 atom stereocenters. The Hall–Kier alpha value is -0.200. The fraction of sp³-hybridized carbons (Fsp3) is 0.833. The lowest BCUT2D eigenvalue weighted by atomic mass is 10.1. The van der Waals surface area contributed by atoms with Crippen molar-refractivity contribution in [2.45, 2.75) is 24.4 Å². The highest BCUT2D eigenvalue weighted by atomic mass is 35.5. The molecule has 0 heterocycles. The van der Waals surface area contributed by atoms with Gasteiger partial charge in [-0.2, -0.15) is 0 Å². The maximum atomic E-state index is 9.93. The Bertz CT molecular complexity index is 142. The van der Waals surface area contributed by atoms with Crippen molar-refractivity contribution in [3.63, 3.8) is 0 Å². The SMILES string of the molecule is O=C[C@H](O)[C@@H](O)[C@@H](O)[C@H](O)CCl. The van der Waals surface area contributed by atoms with Gasteiger partial charge in [-0.3, -0.25) is 0 Å². The third-order valence-electron chi connectivity index (χ3n) is 1.39. The van der Waals surface area contributed by atoms with Gasteiger partial charge in [-0.15, -0.1) is 11.6 Å². The summed E-state index contributed by atoms with van der Waals surface area (Å²) in [4.78, 5) is 9.93. The van der Waals surface area contributed by atoms with Gasteiger partial charge < -0.3 is 25.2 Å². The Morgan fingerprint density at radius 1 is 1.17 bits per heavy atom. The third-order valence-corrected chi connectivity index (χ3v) is 1.71. The van der Waals surface area contributed by atoms with Crippen LogP contribution in [0.3, 0.4) is 0 Å². The van der Waals surface area contributed by atoms with Gasteiger partial charge >= 0.3 is 0 Å². The zero-order valence-corrected chi connectivity index (χ0v) is 6.92. The maximum Gasteiger partial charge on any atom is 0.151 e. The molecule has 6 heteroatoms. The Balaban J connectivity index is 4.07. The molecule has 4 N–H and O–H groups in total. The second kappa shape index (κ2) is 5.45. The number of alkyl halides is 1. The van der Waals surface area contributed by atoms with Crippen molar-refractivity contribution >= 4 is 17.9 Å². The van der Waals surface area contributed by atoms with Gasteiger partial charge in [-0.1, -0.05) is 0 Å². The summed E-state index contributed by atoms with van der Waals surface area (Å²) in [6.07, 6.45) is -6.34. The van der Waals surface area contributed by atoms with E-state index >= 15 is 0 Å². The molecule has 0 aromatic heterocycles. The molecule has 0 aliphatic rings. The van der Waals surface area contributed by atoms with Crippen molar-refractivity contribution in [3.05, 3.63) is 0 Å². The standard InChI is InChI=1S/C6H11ClO5/c7-1-3(9)5(11)6(12)4(10)2-8/h2-6,9-12H,1H2/t3-,4+,5+,6-/m1/s1. The molecular weight excluding hydrogens is 188 g/mol. The summed E-state index contributed by atoms with van der Waals surface area (Å²) in [5, 5.41) is 35.5. The van der Waals surface area contributed by atoms with E-state index in [-0.39, 0.29) is 12.2 Å². The van der Waals surface area contributed by atoms with Gasteiger partial charge in [0.1, 0.15) is 18.3 Å². The minimum atomic E-state index is -1.71. The van der Waals surface area contributed by atoms with Gasteiger partial charge in [0, 0.05) is 0 Å². The number of hydrogen-bond donors (Lipinski definition) is 4. The van der Waals surface area contributed by atoms with E-state index in [9.17, 15) is 4.79 Å². The fourth-order valence-electron chi connectivity index (χ4n) is 0.601. The van der Waals surface area contributed by atoms with Crippen LogP contribution in [0.5, 0.6) is 0 Å². The summed E-state index contributed by atoms with van der Waals surface area (Å²) < 4.78 is 0. The third kappa shape index (κ3) is 3.04. The summed E-state index contributed by atoms with van der Waals surface area (Å²) in [5.41, 5.74) is 0. The first-order chi connectivity index (χ1) is 5.54. The molecule has 0 radical (unpaired) electrons. The topological polar surface area (TPSA) is 98.0 Å². The van der Waals surface area contributed by atoms with Gasteiger partial charge in [0.2, 0.25) is 0 Å². The van der Waals surface area contributed by atoms with Crippen LogP contribution in [-0.2, 0) is 4.79 Å². The van der Waals surface area contributed by atoms with Gasteiger partial charge in [0.05, 0.1) is 12.0 Å². The van der Waals surface area contributed by atoms with E-state index in [2.05, 4.69) is 0 Å². The summed E-state index contributed by atoms with van der Waals surface area (Å²) >= 11 is 5.15. The molecule has 0 unspecified atom stereocenters. The second-order valence-electron chi connectivity index (χ2n) is 2.33. The molecule has 0 bridgehead atoms. The van der Waals surface area contributed by atoms with Crippen LogP contribution in [-0.4, -0.2) is 57.0 Å². The monoisotopic (exact) mass is 198 g/mol. The van der Waals surface area contributed by atoms with Gasteiger partial charge in [-0.25, -0.2) is 0 Å². The highest BCUT2D eigenvalue weighted by molar-refractivity contribution is 6.18. The molecule has 0 aromatic rings. The second-order valence-corrected chi connectivity index (χ2v) is 2.64. The van der Waals surface area contributed by atoms with E-state index in [1.54, 1.807) is 0 Å². The molecule has 0 rings (SSSR count). The first kappa shape index (κ1) is 11.8. The predicted molar refractivity (Wildman–Crippen MR) is 40.8 cm³/mol. The minimum absolute atomic E-state index is 0.0643. The van der Waals surface area contributed by atoms with Crippen LogP contribution in [0.15, 0.2) is 0 Å². The van der Waals surface area contributed by atoms with E-state index in [0.717, 1.165) is 0 Å². The molecule has 0 saturated heterocycles. The summed E-state index contributed by atoms with van der Waals surface area (Å²) in [5.74, 6) is -0.288. The smallest absolute Gasteiger partial charge is 0.151 e. The van der Waals surface area contributed by atoms with Crippen LogP contribution in [0.25, 0.3) is 0 Å². The molecule has 72 valence electrons. The van der Waals surface area contributed by atoms with Crippen LogP contribution in [0.1, 0.15) is 0 Å². The number of carbonyl (C=O) groups is 1. The molecule has 0 amide bonds. The lowest BCUT2D eigenvalue weighted by Crippen LogP contribution is -2.45. The fourth-order valence-corrected chi connectivity index (χ4v) is 0.784. The van der Waals surface area contributed by atoms with Crippen LogP contribution in [0, 0.1) is 0 Å². The normalized spacial score (nSPS) is 21.1. The van der Waals surface area contributed by atoms with E-state index in [1.807, 2.05) is 0 Å². The molecule has 0 fully saturated rings. The number of aliphatic hydroxyl groups is 4. The molecule has 0 spiro atoms. The number of halogens is 1. The summed E-state index contributed by atoms with van der Waals surface area (Å²) in [6, 6.07) is 0. The molecule has 12 heavy (non-hydrogen) atoms. The zero-order chi connectivity index (χ0) is 9.72. The summed E-state index contributed by atoms with van der Waals surface area (Å²) in [7, 11) is 0. The Morgan fingerprint density at radius 2 is 1.67 bits per heavy atom. The minimum Gasteiger partial charge on any atom is -0.389 e. The van der Waals surface area contributed by atoms with E-state index < -0.39 is 24.4 Å². The van der Waals surface area contributed by atoms with Crippen molar-refractivity contribution in [3.8, 4) is 0 Å². The van der Waals surface area contributed by atoms with Gasteiger partial charge in [0.25, 0.3) is 0 Å². The Labute approximate surface area is 74.2 Å². The maximum absolute atomic E-state index is 9.93. The van der Waals surface area contributed by atoms with E-state index in [0.29, 0.717) is 0 Å². The van der Waals surface area contributed by atoms with Crippen molar-refractivity contribution in [1.82, 2.24) is 0 Å². The molecule has 5 nitrogen and oxygen atoms in total. The van der Waals surface area contributed by atoms with Crippen LogP contribution >= 0.6 is 11.6 Å². The Morgan fingerprint density at radius 3 is 2.00 bits per heavy atom. The first-order valence-electron chi connectivity index (χ1n) is 3.28. The van der Waals surface area contributed by atoms with Gasteiger partial charge in [0.15, 0.2) is 6.29 Å². The highest BCUT2D eigenvalue weighted by Gasteiger charge is 2.29. The van der Waals surface area contributed by atoms with Crippen molar-refractivity contribution in [2.24, 2.45) is 0 Å². The average Bonchev–Trinajstić information content (AvgIpc) is 2.12. The van der Waals surface area contributed by atoms with Crippen LogP contribution < -0.4 is 0 Å². The lowest BCUT2D eigenvalue weighted by molar-refractivity contribution is -0.132. The molecule has 0 aliphatic heterocycles. The number of aldehydes is 1. The van der Waals surface area contributed by atoms with E-state index in [1.165, 1.54) is 0 Å². The Kier molecular flexibility index (Phi) is 5.36. The van der Waals surface area contributed by atoms with Crippen molar-refractivity contribution < 1.29 is 25.2 Å². The largest absolute Gasteiger partial charge is 0.389 e. The lowest BCUT2D eigenvalue weighted by Gasteiger charge is -2.22.